The van der Waals surface area contributed by atoms with Crippen LogP contribution in [0, 0.1) is 5.82 Å². The molecule has 28 heavy (non-hydrogen) atoms. The minimum atomic E-state index is -1.26. The number of nitrogens with two attached hydrogens (primary N) is 1. The molecule has 1 aromatic heterocycles. The molecule has 0 radical (unpaired) electrons. The van der Waals surface area contributed by atoms with E-state index in [1.165, 1.54) is 22.0 Å². The van der Waals surface area contributed by atoms with E-state index >= 15 is 0 Å². The number of aromatic nitrogens is 2. The summed E-state index contributed by atoms with van der Waals surface area (Å²) in [6, 6.07) is 6.24. The van der Waals surface area contributed by atoms with Crippen molar-refractivity contribution < 1.29 is 29.3 Å². The van der Waals surface area contributed by atoms with Gasteiger partial charge in [0.1, 0.15) is 42.8 Å². The molecule has 2 aromatic rings. The molecule has 1 aromatic carbocycles. The normalized spacial score (nSPS) is 27.0. The van der Waals surface area contributed by atoms with Gasteiger partial charge in [-0.05, 0) is 6.07 Å². The number of benzene rings is 1. The van der Waals surface area contributed by atoms with E-state index in [4.69, 9.17) is 15.3 Å². The molecule has 4 rings (SSSR count). The van der Waals surface area contributed by atoms with E-state index in [0.717, 1.165) is 0 Å². The molecule has 10 nitrogen and oxygen atoms in total. The van der Waals surface area contributed by atoms with Crippen LogP contribution in [0.25, 0.3) is 5.82 Å². The molecule has 150 valence electrons. The van der Waals surface area contributed by atoms with Crippen molar-refractivity contribution in [2.75, 3.05) is 13.3 Å². The molecule has 0 bridgehead atoms. The Kier molecular flexibility index (Phi) is 5.00. The van der Waals surface area contributed by atoms with Crippen molar-refractivity contribution in [2.24, 2.45) is 10.7 Å². The monoisotopic (exact) mass is 393 g/mol. The Labute approximate surface area is 158 Å². The summed E-state index contributed by atoms with van der Waals surface area (Å²) in [5.74, 6) is -0.212. The first-order chi connectivity index (χ1) is 13.5. The standard InChI is InChI=1S/C17H20FN5O5/c18-10-4-2-1-3-9(10)6-27-23-8-21-16-12(15(23)19)20-7-22(16)17-14(26)13(25)11(5-24)28-17/h1-4,7,11,13-14,17,24-26H,5-6,8,19H2/t11-,13-,14-,17-/m1/s1. The summed E-state index contributed by atoms with van der Waals surface area (Å²) < 4.78 is 20.7. The highest BCUT2D eigenvalue weighted by Gasteiger charge is 2.43. The van der Waals surface area contributed by atoms with Crippen molar-refractivity contribution in [3.63, 3.8) is 0 Å². The maximum Gasteiger partial charge on any atom is 0.165 e. The molecule has 2 aliphatic heterocycles. The summed E-state index contributed by atoms with van der Waals surface area (Å²) in [6.07, 6.45) is -3.00. The zero-order valence-corrected chi connectivity index (χ0v) is 14.7. The van der Waals surface area contributed by atoms with Crippen LogP contribution in [-0.2, 0) is 16.2 Å². The van der Waals surface area contributed by atoms with Gasteiger partial charge in [0.25, 0.3) is 0 Å². The Balaban J connectivity index is 1.57. The second kappa shape index (κ2) is 7.45. The summed E-state index contributed by atoms with van der Waals surface area (Å²) in [6.45, 7) is -0.448. The van der Waals surface area contributed by atoms with Gasteiger partial charge in [0.05, 0.1) is 12.9 Å². The van der Waals surface area contributed by atoms with E-state index in [0.29, 0.717) is 16.4 Å². The summed E-state index contributed by atoms with van der Waals surface area (Å²) in [7, 11) is 0. The Morgan fingerprint density at radius 1 is 1.29 bits per heavy atom. The molecule has 0 amide bonds. The lowest BCUT2D eigenvalue weighted by Crippen LogP contribution is -2.47. The molecule has 11 heteroatoms. The lowest BCUT2D eigenvalue weighted by molar-refractivity contribution is -0.125. The number of rotatable bonds is 5. The highest BCUT2D eigenvalue weighted by Crippen LogP contribution is 2.27. The second-order valence-electron chi connectivity index (χ2n) is 6.48. The summed E-state index contributed by atoms with van der Waals surface area (Å²) >= 11 is 0. The SMILES string of the molecule is NC1=c2ncn([C@@H]3O[C@H](CO)[C@@H](O)[C@H]3O)c2=NCN1OCc1ccccc1F. The summed E-state index contributed by atoms with van der Waals surface area (Å²) in [4.78, 5) is 14.1. The van der Waals surface area contributed by atoms with Gasteiger partial charge in [-0.1, -0.05) is 18.2 Å². The van der Waals surface area contributed by atoms with Crippen LogP contribution in [0.4, 0.5) is 4.39 Å². The maximum absolute atomic E-state index is 13.7. The van der Waals surface area contributed by atoms with E-state index in [1.807, 2.05) is 0 Å². The van der Waals surface area contributed by atoms with Crippen LogP contribution in [0.3, 0.4) is 0 Å². The maximum atomic E-state index is 13.7. The number of aliphatic hydroxyl groups is 3. The van der Waals surface area contributed by atoms with Gasteiger partial charge in [-0.15, -0.1) is 0 Å². The molecule has 0 aliphatic carbocycles. The number of aliphatic hydroxyl groups excluding tert-OH is 3. The Bertz CT molecular complexity index is 983. The van der Waals surface area contributed by atoms with E-state index in [2.05, 4.69) is 9.98 Å². The van der Waals surface area contributed by atoms with E-state index in [-0.39, 0.29) is 24.9 Å². The second-order valence-corrected chi connectivity index (χ2v) is 6.48. The van der Waals surface area contributed by atoms with Gasteiger partial charge in [-0.3, -0.25) is 9.40 Å². The minimum Gasteiger partial charge on any atom is -0.394 e. The van der Waals surface area contributed by atoms with Crippen molar-refractivity contribution >= 4 is 5.82 Å². The average Bonchev–Trinajstić information content (AvgIpc) is 3.24. The van der Waals surface area contributed by atoms with Crippen LogP contribution < -0.4 is 16.6 Å². The highest BCUT2D eigenvalue weighted by atomic mass is 19.1. The zero-order valence-electron chi connectivity index (χ0n) is 14.7. The van der Waals surface area contributed by atoms with Crippen molar-refractivity contribution in [2.45, 2.75) is 31.1 Å². The fourth-order valence-electron chi connectivity index (χ4n) is 3.19. The predicted octanol–water partition coefficient (Wildman–Crippen LogP) is -2.32. The third kappa shape index (κ3) is 3.12. The number of ether oxygens (including phenoxy) is 1. The number of imidazole rings is 1. The lowest BCUT2D eigenvalue weighted by Gasteiger charge is -2.24. The number of nitrogens with zero attached hydrogens (tertiary/aromatic N) is 4. The van der Waals surface area contributed by atoms with Gasteiger partial charge in [-0.25, -0.2) is 19.4 Å². The molecular formula is C17H20FN5O5. The third-order valence-corrected chi connectivity index (χ3v) is 4.75. The topological polar surface area (TPSA) is 139 Å². The molecular weight excluding hydrogens is 373 g/mol. The van der Waals surface area contributed by atoms with Gasteiger partial charge in [0, 0.05) is 5.56 Å². The van der Waals surface area contributed by atoms with Gasteiger partial charge < -0.3 is 25.8 Å². The first kappa shape index (κ1) is 18.8. The first-order valence-corrected chi connectivity index (χ1v) is 8.64. The molecule has 5 N–H and O–H groups in total. The largest absolute Gasteiger partial charge is 0.394 e. The van der Waals surface area contributed by atoms with Gasteiger partial charge in [-0.2, -0.15) is 0 Å². The number of halogens is 1. The van der Waals surface area contributed by atoms with E-state index in [1.54, 1.807) is 18.2 Å². The van der Waals surface area contributed by atoms with Crippen molar-refractivity contribution in [3.05, 3.63) is 52.8 Å². The van der Waals surface area contributed by atoms with Crippen LogP contribution in [0.5, 0.6) is 0 Å². The van der Waals surface area contributed by atoms with Crippen molar-refractivity contribution in [3.8, 4) is 0 Å². The van der Waals surface area contributed by atoms with Gasteiger partial charge in [0.15, 0.2) is 17.5 Å². The Morgan fingerprint density at radius 2 is 2.07 bits per heavy atom. The molecule has 0 saturated carbocycles. The number of hydrogen-bond acceptors (Lipinski definition) is 9. The smallest absolute Gasteiger partial charge is 0.165 e. The van der Waals surface area contributed by atoms with Crippen LogP contribution in [0.2, 0.25) is 0 Å². The Hall–Kier alpha value is -2.57. The van der Waals surface area contributed by atoms with Crippen LogP contribution >= 0.6 is 0 Å². The molecule has 2 aliphatic rings. The quantitative estimate of drug-likeness (QED) is 0.444. The molecule has 4 atom stereocenters. The lowest BCUT2D eigenvalue weighted by atomic mass is 10.1. The molecule has 3 heterocycles. The Morgan fingerprint density at radius 3 is 2.79 bits per heavy atom. The van der Waals surface area contributed by atoms with Crippen molar-refractivity contribution in [1.82, 2.24) is 14.6 Å². The molecule has 0 spiro atoms. The number of hydroxylamine groups is 2. The number of hydrogen-bond donors (Lipinski definition) is 4. The fraction of sp³-hybridized carbons (Fsp3) is 0.412. The van der Waals surface area contributed by atoms with Gasteiger partial charge in [0.2, 0.25) is 0 Å². The van der Waals surface area contributed by atoms with Crippen molar-refractivity contribution in [1.29, 1.82) is 0 Å². The predicted molar refractivity (Wildman–Crippen MR) is 91.5 cm³/mol. The molecule has 1 saturated heterocycles. The first-order valence-electron chi connectivity index (χ1n) is 8.64. The number of fused-ring (bicyclic) bond motifs is 1. The average molecular weight is 393 g/mol. The van der Waals surface area contributed by atoms with Crippen LogP contribution in [-0.4, -0.2) is 61.5 Å². The van der Waals surface area contributed by atoms with E-state index in [9.17, 15) is 19.7 Å². The summed E-state index contributed by atoms with van der Waals surface area (Å²) in [5, 5.41) is 31.0. The van der Waals surface area contributed by atoms with Crippen LogP contribution in [0.1, 0.15) is 11.8 Å². The van der Waals surface area contributed by atoms with Gasteiger partial charge >= 0.3 is 0 Å². The van der Waals surface area contributed by atoms with E-state index < -0.39 is 31.1 Å². The fourth-order valence-corrected chi connectivity index (χ4v) is 3.19. The highest BCUT2D eigenvalue weighted by molar-refractivity contribution is 5.34. The summed E-state index contributed by atoms with van der Waals surface area (Å²) in [5.41, 5.74) is 6.83. The zero-order chi connectivity index (χ0) is 19.8. The molecule has 0 unspecified atom stereocenters. The van der Waals surface area contributed by atoms with Crippen LogP contribution in [0.15, 0.2) is 35.6 Å². The minimum absolute atomic E-state index is 0.0216. The third-order valence-electron chi connectivity index (χ3n) is 4.75. The molecule has 1 fully saturated rings.